The third kappa shape index (κ3) is 4.04. The van der Waals surface area contributed by atoms with Gasteiger partial charge in [0.05, 0.1) is 34.3 Å². The summed E-state index contributed by atoms with van der Waals surface area (Å²) in [7, 11) is 0. The van der Waals surface area contributed by atoms with E-state index in [1.807, 2.05) is 26.0 Å². The topological polar surface area (TPSA) is 47.0 Å². The smallest absolute Gasteiger partial charge is 0.148 e. The number of ether oxygens (including phenoxy) is 1. The van der Waals surface area contributed by atoms with Crippen molar-refractivity contribution in [2.45, 2.75) is 45.8 Å². The molecule has 0 bridgehead atoms. The third-order valence-corrected chi connectivity index (χ3v) is 6.07. The molecule has 1 heterocycles. The van der Waals surface area contributed by atoms with Crippen LogP contribution in [-0.2, 0) is 17.6 Å². The number of anilines is 1. The van der Waals surface area contributed by atoms with Crippen molar-refractivity contribution in [2.24, 2.45) is 0 Å². The number of aryl methyl sites for hydroxylation is 2. The first kappa shape index (κ1) is 21.1. The minimum Gasteiger partial charge on any atom is -0.376 e. The lowest BCUT2D eigenvalue weighted by Crippen LogP contribution is -2.26. The summed E-state index contributed by atoms with van der Waals surface area (Å²) < 4.78 is 6.05. The first-order chi connectivity index (χ1) is 14.5. The molecule has 0 aliphatic heterocycles. The van der Waals surface area contributed by atoms with Crippen LogP contribution in [0.15, 0.2) is 42.5 Å². The number of nitrogens with zero attached hydrogens (tertiary/aromatic N) is 2. The van der Waals surface area contributed by atoms with E-state index in [1.165, 1.54) is 11.1 Å². The molecule has 4 rings (SSSR count). The van der Waals surface area contributed by atoms with E-state index in [9.17, 15) is 0 Å². The van der Waals surface area contributed by atoms with Gasteiger partial charge in [-0.15, -0.1) is 0 Å². The van der Waals surface area contributed by atoms with Crippen LogP contribution in [0.4, 0.5) is 5.82 Å². The number of fused-ring (bicyclic) bond motifs is 1. The molecule has 156 valence electrons. The molecule has 1 N–H and O–H groups in total. The predicted molar refractivity (Wildman–Crippen MR) is 124 cm³/mol. The van der Waals surface area contributed by atoms with Crippen LogP contribution in [0.3, 0.4) is 0 Å². The Balaban J connectivity index is 1.71. The van der Waals surface area contributed by atoms with Gasteiger partial charge < -0.3 is 10.1 Å². The van der Waals surface area contributed by atoms with Crippen molar-refractivity contribution in [1.82, 2.24) is 9.97 Å². The van der Waals surface area contributed by atoms with Crippen LogP contribution in [0.25, 0.3) is 11.3 Å². The van der Waals surface area contributed by atoms with Gasteiger partial charge in [0.25, 0.3) is 0 Å². The van der Waals surface area contributed by atoms with Gasteiger partial charge in [-0.1, -0.05) is 54.4 Å². The molecule has 4 nitrogen and oxygen atoms in total. The number of nitrogens with one attached hydrogen (secondary N) is 1. The number of hydrogen-bond donors (Lipinski definition) is 1. The fourth-order valence-corrected chi connectivity index (χ4v) is 4.58. The van der Waals surface area contributed by atoms with Gasteiger partial charge in [-0.25, -0.2) is 9.97 Å². The van der Waals surface area contributed by atoms with Gasteiger partial charge in [0.1, 0.15) is 5.82 Å². The molecule has 0 fully saturated rings. The summed E-state index contributed by atoms with van der Waals surface area (Å²) in [4.78, 5) is 9.82. The second-order valence-electron chi connectivity index (χ2n) is 7.45. The zero-order valence-electron chi connectivity index (χ0n) is 17.4. The highest BCUT2D eigenvalue weighted by Gasteiger charge is 2.33. The molecular weight excluding hydrogens is 417 g/mol. The summed E-state index contributed by atoms with van der Waals surface area (Å²) in [6.45, 7) is 6.75. The van der Waals surface area contributed by atoms with Crippen molar-refractivity contribution in [3.05, 3.63) is 75.0 Å². The van der Waals surface area contributed by atoms with Crippen molar-refractivity contribution in [3.63, 3.8) is 0 Å². The zero-order valence-corrected chi connectivity index (χ0v) is 18.9. The van der Waals surface area contributed by atoms with Crippen LogP contribution in [0.5, 0.6) is 0 Å². The monoisotopic (exact) mass is 441 g/mol. The van der Waals surface area contributed by atoms with Gasteiger partial charge in [-0.2, -0.15) is 0 Å². The van der Waals surface area contributed by atoms with Crippen molar-refractivity contribution < 1.29 is 4.74 Å². The second-order valence-corrected chi connectivity index (χ2v) is 8.29. The first-order valence-corrected chi connectivity index (χ1v) is 11.1. The molecule has 30 heavy (non-hydrogen) atoms. The Morgan fingerprint density at radius 2 is 1.90 bits per heavy atom. The fourth-order valence-electron chi connectivity index (χ4n) is 4.08. The molecule has 0 unspecified atom stereocenters. The van der Waals surface area contributed by atoms with Crippen LogP contribution in [0.2, 0.25) is 10.0 Å². The lowest BCUT2D eigenvalue weighted by molar-refractivity contribution is 0.0573. The number of rotatable bonds is 6. The van der Waals surface area contributed by atoms with E-state index in [4.69, 9.17) is 37.9 Å². The van der Waals surface area contributed by atoms with Gasteiger partial charge >= 0.3 is 0 Å². The summed E-state index contributed by atoms with van der Waals surface area (Å²) >= 11 is 12.5. The van der Waals surface area contributed by atoms with Crippen molar-refractivity contribution in [3.8, 4) is 11.3 Å². The highest BCUT2D eigenvalue weighted by molar-refractivity contribution is 6.36. The Hall–Kier alpha value is -2.14. The fraction of sp³-hybridized carbons (Fsp3) is 0.333. The van der Waals surface area contributed by atoms with Crippen LogP contribution in [0, 0.1) is 6.92 Å². The van der Waals surface area contributed by atoms with Crippen LogP contribution < -0.4 is 5.32 Å². The third-order valence-electron chi connectivity index (χ3n) is 5.52. The average molecular weight is 442 g/mol. The van der Waals surface area contributed by atoms with E-state index in [-0.39, 0.29) is 12.1 Å². The quantitative estimate of drug-likeness (QED) is 0.478. The number of benzene rings is 2. The van der Waals surface area contributed by atoms with Crippen molar-refractivity contribution >= 4 is 29.0 Å². The van der Waals surface area contributed by atoms with Crippen LogP contribution in [0.1, 0.15) is 42.4 Å². The molecule has 2 atom stereocenters. The normalized spacial score (nSPS) is 17.8. The average Bonchev–Trinajstić information content (AvgIpc) is 3.07. The van der Waals surface area contributed by atoms with E-state index in [0.29, 0.717) is 16.7 Å². The molecule has 2 aromatic carbocycles. The van der Waals surface area contributed by atoms with Crippen LogP contribution in [-0.4, -0.2) is 22.7 Å². The minimum atomic E-state index is 0.0452. The summed E-state index contributed by atoms with van der Waals surface area (Å²) in [5.41, 5.74) is 5.95. The Bertz CT molecular complexity index is 1070. The molecule has 1 aromatic heterocycles. The molecule has 3 aromatic rings. The molecule has 0 saturated carbocycles. The molecule has 6 heteroatoms. The Labute approximate surface area is 187 Å². The number of aromatic nitrogens is 2. The van der Waals surface area contributed by atoms with E-state index in [2.05, 4.69) is 36.5 Å². The number of hydrogen-bond acceptors (Lipinski definition) is 4. The van der Waals surface area contributed by atoms with Crippen molar-refractivity contribution in [1.29, 1.82) is 0 Å². The van der Waals surface area contributed by atoms with Crippen LogP contribution >= 0.6 is 23.2 Å². The summed E-state index contributed by atoms with van der Waals surface area (Å²) in [5.74, 6) is 0.784. The lowest BCUT2D eigenvalue weighted by atomic mass is 10.1. The maximum Gasteiger partial charge on any atom is 0.148 e. The van der Waals surface area contributed by atoms with Gasteiger partial charge in [0.15, 0.2) is 0 Å². The summed E-state index contributed by atoms with van der Waals surface area (Å²) in [6, 6.07) is 14.0. The lowest BCUT2D eigenvalue weighted by Gasteiger charge is -2.24. The van der Waals surface area contributed by atoms with E-state index >= 15 is 0 Å². The Morgan fingerprint density at radius 3 is 2.63 bits per heavy atom. The van der Waals surface area contributed by atoms with Gasteiger partial charge in [0, 0.05) is 23.6 Å². The zero-order chi connectivity index (χ0) is 21.3. The van der Waals surface area contributed by atoms with Gasteiger partial charge in [-0.3, -0.25) is 0 Å². The van der Waals surface area contributed by atoms with E-state index in [0.717, 1.165) is 41.3 Å². The predicted octanol–water partition coefficient (Wildman–Crippen LogP) is 6.44. The van der Waals surface area contributed by atoms with Crippen molar-refractivity contribution in [2.75, 3.05) is 11.9 Å². The minimum absolute atomic E-state index is 0.0452. The van der Waals surface area contributed by atoms with E-state index in [1.54, 1.807) is 6.07 Å². The maximum absolute atomic E-state index is 6.45. The highest BCUT2D eigenvalue weighted by atomic mass is 35.5. The summed E-state index contributed by atoms with van der Waals surface area (Å²) in [5, 5.41) is 4.80. The standard InChI is InChI=1S/C24H25Cl2N3O/c1-4-20-22(18-11-10-16(25)13-19(18)26)27-14(3)24(28-20)29-23-17-9-7-6-8-15(17)12-21(23)30-5-2/h6-11,13,21,23H,4-5,12H2,1-3H3,(H,28,29)/t21-,23+/m0/s1. The maximum atomic E-state index is 6.45. The molecule has 0 saturated heterocycles. The summed E-state index contributed by atoms with van der Waals surface area (Å²) in [6.07, 6.45) is 1.71. The highest BCUT2D eigenvalue weighted by Crippen LogP contribution is 2.37. The molecule has 0 amide bonds. The SMILES string of the molecule is CCO[C@H]1Cc2ccccc2[C@H]1Nc1nc(CC)c(-c2ccc(Cl)cc2Cl)nc1C. The second kappa shape index (κ2) is 8.93. The molecule has 0 spiro atoms. The van der Waals surface area contributed by atoms with Gasteiger partial charge in [0.2, 0.25) is 0 Å². The number of halogens is 2. The largest absolute Gasteiger partial charge is 0.376 e. The first-order valence-electron chi connectivity index (χ1n) is 10.3. The Kier molecular flexibility index (Phi) is 6.28. The molecule has 1 aliphatic rings. The van der Waals surface area contributed by atoms with Gasteiger partial charge in [-0.05, 0) is 49.6 Å². The van der Waals surface area contributed by atoms with E-state index < -0.39 is 0 Å². The molecule has 1 aliphatic carbocycles. The Morgan fingerprint density at radius 1 is 1.10 bits per heavy atom. The molecular formula is C24H25Cl2N3O. The molecule has 0 radical (unpaired) electrons.